The van der Waals surface area contributed by atoms with Gasteiger partial charge >= 0.3 is 5.97 Å². The fourth-order valence-corrected chi connectivity index (χ4v) is 3.52. The van der Waals surface area contributed by atoms with Crippen LogP contribution in [0.3, 0.4) is 0 Å². The molecule has 1 aliphatic rings. The highest BCUT2D eigenvalue weighted by Crippen LogP contribution is 2.35. The van der Waals surface area contributed by atoms with E-state index in [0.717, 1.165) is 11.8 Å². The van der Waals surface area contributed by atoms with Crippen LogP contribution in [-0.2, 0) is 14.2 Å². The maximum Gasteiger partial charge on any atom is 0.340 e. The summed E-state index contributed by atoms with van der Waals surface area (Å²) < 4.78 is 25.9. The number of carbonyl (C=O) groups is 2. The van der Waals surface area contributed by atoms with Crippen molar-refractivity contribution >= 4 is 28.9 Å². The van der Waals surface area contributed by atoms with E-state index >= 15 is 0 Å². The Morgan fingerprint density at radius 1 is 1.06 bits per heavy atom. The van der Waals surface area contributed by atoms with E-state index in [1.807, 2.05) is 4.90 Å². The molecule has 12 nitrogen and oxygen atoms in total. The van der Waals surface area contributed by atoms with Crippen LogP contribution >= 0.6 is 0 Å². The number of esters is 1. The lowest BCUT2D eigenvalue weighted by atomic mass is 10.1. The number of benzene rings is 2. The minimum atomic E-state index is -0.803. The molecular formula is C23H27N3O9. The Balaban J connectivity index is 1.94. The smallest absolute Gasteiger partial charge is 0.340 e. The Bertz CT molecular complexity index is 1080. The lowest BCUT2D eigenvalue weighted by Gasteiger charge is -2.29. The van der Waals surface area contributed by atoms with Gasteiger partial charge in [-0.3, -0.25) is 14.9 Å². The third-order valence-electron chi connectivity index (χ3n) is 5.30. The van der Waals surface area contributed by atoms with Crippen LogP contribution < -0.4 is 19.7 Å². The fourth-order valence-electron chi connectivity index (χ4n) is 3.52. The molecule has 1 fully saturated rings. The number of nitrogens with zero attached hydrogens (tertiary/aromatic N) is 2. The number of nitrogens with one attached hydrogen (secondary N) is 1. The molecule has 0 spiro atoms. The van der Waals surface area contributed by atoms with Gasteiger partial charge < -0.3 is 33.9 Å². The molecule has 0 unspecified atom stereocenters. The van der Waals surface area contributed by atoms with E-state index in [4.69, 9.17) is 23.7 Å². The molecule has 188 valence electrons. The highest BCUT2D eigenvalue weighted by atomic mass is 16.6. The molecule has 1 aliphatic heterocycles. The van der Waals surface area contributed by atoms with Crippen LogP contribution in [-0.4, -0.2) is 77.6 Å². The summed E-state index contributed by atoms with van der Waals surface area (Å²) in [5, 5.41) is 14.3. The number of morpholine rings is 1. The van der Waals surface area contributed by atoms with Gasteiger partial charge in [-0.2, -0.15) is 0 Å². The van der Waals surface area contributed by atoms with Gasteiger partial charge in [-0.15, -0.1) is 0 Å². The second kappa shape index (κ2) is 12.0. The zero-order chi connectivity index (χ0) is 25.4. The molecule has 0 bridgehead atoms. The number of rotatable bonds is 10. The third kappa shape index (κ3) is 6.16. The molecular weight excluding hydrogens is 462 g/mol. The first-order valence-corrected chi connectivity index (χ1v) is 10.7. The number of hydrogen-bond acceptors (Lipinski definition) is 10. The number of nitro benzene ring substituents is 1. The number of methoxy groups -OCH3 is 3. The van der Waals surface area contributed by atoms with Gasteiger partial charge in [-0.05, 0) is 18.2 Å². The number of anilines is 2. The van der Waals surface area contributed by atoms with Crippen molar-refractivity contribution in [3.63, 3.8) is 0 Å². The van der Waals surface area contributed by atoms with E-state index < -0.39 is 22.5 Å². The largest absolute Gasteiger partial charge is 0.493 e. The normalized spacial score (nSPS) is 13.2. The minimum Gasteiger partial charge on any atom is -0.493 e. The van der Waals surface area contributed by atoms with Gasteiger partial charge in [-0.25, -0.2) is 4.79 Å². The molecule has 1 heterocycles. The SMILES string of the molecule is COCCOc1cc([N+](=O)[O-])c(C(=O)Nc2ccc(N3CCOCC3)cc2C(=O)OC)cc1OC. The predicted octanol–water partition coefficient (Wildman–Crippen LogP) is 2.50. The third-order valence-corrected chi connectivity index (χ3v) is 5.30. The zero-order valence-corrected chi connectivity index (χ0v) is 19.7. The first-order chi connectivity index (χ1) is 16.9. The van der Waals surface area contributed by atoms with Gasteiger partial charge in [0.05, 0.1) is 56.3 Å². The van der Waals surface area contributed by atoms with Crippen LogP contribution in [0.25, 0.3) is 0 Å². The highest BCUT2D eigenvalue weighted by Gasteiger charge is 2.26. The highest BCUT2D eigenvalue weighted by molar-refractivity contribution is 6.10. The molecule has 0 aromatic heterocycles. The maximum atomic E-state index is 13.1. The Hall–Kier alpha value is -3.90. The van der Waals surface area contributed by atoms with Crippen LogP contribution in [0.5, 0.6) is 11.5 Å². The van der Waals surface area contributed by atoms with E-state index in [-0.39, 0.29) is 41.5 Å². The van der Waals surface area contributed by atoms with Gasteiger partial charge in [0.2, 0.25) is 0 Å². The number of hydrogen-bond donors (Lipinski definition) is 1. The summed E-state index contributed by atoms with van der Waals surface area (Å²) in [4.78, 5) is 38.6. The van der Waals surface area contributed by atoms with Gasteiger partial charge in [0.1, 0.15) is 12.2 Å². The predicted molar refractivity (Wildman–Crippen MR) is 126 cm³/mol. The van der Waals surface area contributed by atoms with Crippen molar-refractivity contribution in [2.24, 2.45) is 0 Å². The van der Waals surface area contributed by atoms with Gasteiger partial charge in [-0.1, -0.05) is 0 Å². The zero-order valence-electron chi connectivity index (χ0n) is 19.7. The Labute approximate surface area is 201 Å². The van der Waals surface area contributed by atoms with Crippen LogP contribution in [0.15, 0.2) is 30.3 Å². The Kier molecular flexibility index (Phi) is 8.81. The second-order valence-electron chi connectivity index (χ2n) is 7.39. The first kappa shape index (κ1) is 25.7. The van der Waals surface area contributed by atoms with Crippen LogP contribution in [0.2, 0.25) is 0 Å². The van der Waals surface area contributed by atoms with E-state index in [1.165, 1.54) is 27.4 Å². The molecule has 0 radical (unpaired) electrons. The number of ether oxygens (including phenoxy) is 5. The molecule has 35 heavy (non-hydrogen) atoms. The summed E-state index contributed by atoms with van der Waals surface area (Å²) >= 11 is 0. The Morgan fingerprint density at radius 3 is 2.43 bits per heavy atom. The van der Waals surface area contributed by atoms with Crippen molar-refractivity contribution in [3.8, 4) is 11.5 Å². The summed E-state index contributed by atoms with van der Waals surface area (Å²) in [6, 6.07) is 7.24. The molecule has 1 saturated heterocycles. The standard InChI is InChI=1S/C23H27N3O9/c1-31-10-11-35-21-14-19(26(29)30)17(13-20(21)32-2)22(27)24-18-5-4-15(12-16(18)23(28)33-3)25-6-8-34-9-7-25/h4-5,12-14H,6-11H2,1-3H3,(H,24,27). The summed E-state index contributed by atoms with van der Waals surface area (Å²) in [5.74, 6) is -1.24. The quantitative estimate of drug-likeness (QED) is 0.229. The van der Waals surface area contributed by atoms with E-state index in [1.54, 1.807) is 18.2 Å². The molecule has 0 atom stereocenters. The maximum absolute atomic E-state index is 13.1. The van der Waals surface area contributed by atoms with Crippen LogP contribution in [0.4, 0.5) is 17.1 Å². The Morgan fingerprint density at radius 2 is 1.80 bits per heavy atom. The molecule has 2 aromatic rings. The molecule has 2 aromatic carbocycles. The molecule has 3 rings (SSSR count). The van der Waals surface area contributed by atoms with Gasteiger partial charge in [0, 0.05) is 32.0 Å². The summed E-state index contributed by atoms with van der Waals surface area (Å²) in [7, 11) is 4.08. The molecule has 1 amide bonds. The molecule has 1 N–H and O–H groups in total. The minimum absolute atomic E-state index is 0.0953. The van der Waals surface area contributed by atoms with Crippen molar-refractivity contribution in [1.29, 1.82) is 0 Å². The average Bonchev–Trinajstić information content (AvgIpc) is 2.88. The first-order valence-electron chi connectivity index (χ1n) is 10.7. The number of carbonyl (C=O) groups excluding carboxylic acids is 2. The molecule has 0 saturated carbocycles. The number of nitro groups is 1. The average molecular weight is 489 g/mol. The van der Waals surface area contributed by atoms with Gasteiger partial charge in [0.15, 0.2) is 11.5 Å². The van der Waals surface area contributed by atoms with E-state index in [0.29, 0.717) is 26.3 Å². The summed E-state index contributed by atoms with van der Waals surface area (Å²) in [5.41, 5.74) is 0.266. The fraction of sp³-hybridized carbons (Fsp3) is 0.391. The topological polar surface area (TPSA) is 139 Å². The monoisotopic (exact) mass is 489 g/mol. The molecule has 0 aliphatic carbocycles. The van der Waals surface area contributed by atoms with E-state index in [9.17, 15) is 19.7 Å². The lowest BCUT2D eigenvalue weighted by Crippen LogP contribution is -2.36. The second-order valence-corrected chi connectivity index (χ2v) is 7.39. The summed E-state index contributed by atoms with van der Waals surface area (Å²) in [6.45, 7) is 2.81. The molecule has 12 heteroatoms. The number of amides is 1. The van der Waals surface area contributed by atoms with Crippen molar-refractivity contribution < 1.29 is 38.2 Å². The van der Waals surface area contributed by atoms with Crippen molar-refractivity contribution in [3.05, 3.63) is 51.6 Å². The van der Waals surface area contributed by atoms with Crippen LogP contribution in [0, 0.1) is 10.1 Å². The van der Waals surface area contributed by atoms with E-state index in [2.05, 4.69) is 5.32 Å². The van der Waals surface area contributed by atoms with Crippen molar-refractivity contribution in [2.75, 3.05) is 71.1 Å². The summed E-state index contributed by atoms with van der Waals surface area (Å²) in [6.07, 6.45) is 0. The lowest BCUT2D eigenvalue weighted by molar-refractivity contribution is -0.385. The van der Waals surface area contributed by atoms with Crippen molar-refractivity contribution in [1.82, 2.24) is 0 Å². The van der Waals surface area contributed by atoms with Crippen LogP contribution in [0.1, 0.15) is 20.7 Å². The van der Waals surface area contributed by atoms with Crippen molar-refractivity contribution in [2.45, 2.75) is 0 Å². The van der Waals surface area contributed by atoms with Gasteiger partial charge in [0.25, 0.3) is 11.6 Å².